The lowest BCUT2D eigenvalue weighted by Crippen LogP contribution is -2.42. The average molecular weight is 333 g/mol. The van der Waals surface area contributed by atoms with Crippen LogP contribution in [0.1, 0.15) is 30.9 Å². The summed E-state index contributed by atoms with van der Waals surface area (Å²) in [5.74, 6) is 1.39. The molecule has 2 aliphatic heterocycles. The summed E-state index contributed by atoms with van der Waals surface area (Å²) in [6.07, 6.45) is 2.69. The Kier molecular flexibility index (Phi) is 4.78. The molecule has 0 bridgehead atoms. The molecule has 1 saturated heterocycles. The number of ether oxygens (including phenoxy) is 2. The molecule has 0 saturated carbocycles. The highest BCUT2D eigenvalue weighted by atomic mass is 16.5. The molecule has 3 rings (SSSR count). The Morgan fingerprint density at radius 2 is 2.00 bits per heavy atom. The first-order valence-electron chi connectivity index (χ1n) is 8.26. The molecular weight excluding hydrogens is 310 g/mol. The molecule has 0 radical (unpaired) electrons. The molecule has 0 unspecified atom stereocenters. The zero-order valence-electron chi connectivity index (χ0n) is 13.9. The van der Waals surface area contributed by atoms with Crippen molar-refractivity contribution < 1.29 is 19.1 Å². The predicted octanol–water partition coefficient (Wildman–Crippen LogP) is 1.52. The van der Waals surface area contributed by atoms with E-state index in [4.69, 9.17) is 15.2 Å². The number of nitrogens with two attached hydrogens (primary N) is 1. The fourth-order valence-corrected chi connectivity index (χ4v) is 3.17. The van der Waals surface area contributed by atoms with Crippen LogP contribution in [0.4, 0.5) is 4.79 Å². The van der Waals surface area contributed by atoms with Crippen molar-refractivity contribution in [2.24, 2.45) is 5.73 Å². The molecule has 1 aromatic rings. The van der Waals surface area contributed by atoms with E-state index < -0.39 is 6.03 Å². The van der Waals surface area contributed by atoms with E-state index in [1.807, 2.05) is 23.1 Å². The Hall–Kier alpha value is -2.44. The zero-order chi connectivity index (χ0) is 17.1. The van der Waals surface area contributed by atoms with Gasteiger partial charge in [-0.3, -0.25) is 4.79 Å². The molecule has 1 aromatic carbocycles. The third kappa shape index (κ3) is 3.39. The van der Waals surface area contributed by atoms with Gasteiger partial charge in [-0.1, -0.05) is 6.07 Å². The largest absolute Gasteiger partial charge is 0.490 e. The normalized spacial score (nSPS) is 19.7. The fraction of sp³-hybridized carbons (Fsp3) is 0.529. The van der Waals surface area contributed by atoms with E-state index in [9.17, 15) is 9.59 Å². The topological polar surface area (TPSA) is 85.1 Å². The molecular formula is C17H23N3O4. The van der Waals surface area contributed by atoms with Crippen LogP contribution in [0.5, 0.6) is 11.5 Å². The lowest BCUT2D eigenvalue weighted by Gasteiger charge is -2.27. The third-order valence-corrected chi connectivity index (χ3v) is 4.48. The second kappa shape index (κ2) is 6.98. The first kappa shape index (κ1) is 16.4. The Bertz CT molecular complexity index is 634. The van der Waals surface area contributed by atoms with E-state index in [-0.39, 0.29) is 18.5 Å². The molecule has 24 heavy (non-hydrogen) atoms. The first-order chi connectivity index (χ1) is 11.6. The number of carbonyl (C=O) groups is 2. The van der Waals surface area contributed by atoms with Crippen molar-refractivity contribution in [2.45, 2.75) is 25.3 Å². The predicted molar refractivity (Wildman–Crippen MR) is 88.0 cm³/mol. The Balaban J connectivity index is 1.77. The molecule has 2 heterocycles. The smallest absolute Gasteiger partial charge is 0.314 e. The van der Waals surface area contributed by atoms with E-state index in [1.165, 1.54) is 11.9 Å². The number of rotatable bonds is 3. The van der Waals surface area contributed by atoms with Crippen LogP contribution < -0.4 is 15.2 Å². The maximum absolute atomic E-state index is 12.5. The third-order valence-electron chi connectivity index (χ3n) is 4.48. The highest BCUT2D eigenvalue weighted by Gasteiger charge is 2.31. The molecule has 2 aliphatic rings. The van der Waals surface area contributed by atoms with Crippen molar-refractivity contribution in [2.75, 3.05) is 33.4 Å². The number of carbonyl (C=O) groups excluding carboxylic acids is 2. The summed E-state index contributed by atoms with van der Waals surface area (Å²) in [4.78, 5) is 26.7. The number of nitrogens with zero attached hydrogens (tertiary/aromatic N) is 2. The van der Waals surface area contributed by atoms with Gasteiger partial charge in [-0.15, -0.1) is 0 Å². The van der Waals surface area contributed by atoms with Crippen molar-refractivity contribution >= 4 is 11.9 Å². The number of urea groups is 1. The summed E-state index contributed by atoms with van der Waals surface area (Å²) in [6, 6.07) is 5.26. The van der Waals surface area contributed by atoms with Crippen LogP contribution in [0.15, 0.2) is 18.2 Å². The molecule has 1 fully saturated rings. The van der Waals surface area contributed by atoms with Gasteiger partial charge >= 0.3 is 6.03 Å². The van der Waals surface area contributed by atoms with Crippen LogP contribution in [-0.2, 0) is 4.79 Å². The number of likely N-dealkylation sites (tertiary alicyclic amines) is 1. The minimum absolute atomic E-state index is 0.00359. The first-order valence-corrected chi connectivity index (χ1v) is 8.26. The Labute approximate surface area is 141 Å². The van der Waals surface area contributed by atoms with Gasteiger partial charge in [0.05, 0.1) is 19.3 Å². The van der Waals surface area contributed by atoms with Gasteiger partial charge in [-0.25, -0.2) is 4.79 Å². The summed E-state index contributed by atoms with van der Waals surface area (Å²) < 4.78 is 11.4. The zero-order valence-corrected chi connectivity index (χ0v) is 13.9. The van der Waals surface area contributed by atoms with Crippen LogP contribution >= 0.6 is 0 Å². The van der Waals surface area contributed by atoms with Crippen molar-refractivity contribution in [3.05, 3.63) is 23.8 Å². The van der Waals surface area contributed by atoms with Gasteiger partial charge in [0.25, 0.3) is 0 Å². The number of amides is 3. The maximum atomic E-state index is 12.5. The number of benzene rings is 1. The van der Waals surface area contributed by atoms with Gasteiger partial charge < -0.3 is 25.0 Å². The number of likely N-dealkylation sites (N-methyl/N-ethyl adjacent to an activating group) is 1. The van der Waals surface area contributed by atoms with Gasteiger partial charge in [0.2, 0.25) is 5.91 Å². The Morgan fingerprint density at radius 3 is 2.75 bits per heavy atom. The molecule has 7 nitrogen and oxygen atoms in total. The lowest BCUT2D eigenvalue weighted by atomic mass is 10.0. The van der Waals surface area contributed by atoms with Crippen LogP contribution in [0, 0.1) is 0 Å². The molecule has 130 valence electrons. The van der Waals surface area contributed by atoms with E-state index in [0.29, 0.717) is 19.8 Å². The SMILES string of the molecule is CN(CC(=O)N1CCC[C@H]1c1ccc2c(c1)OCCCO2)C(N)=O. The second-order valence-corrected chi connectivity index (χ2v) is 6.20. The summed E-state index contributed by atoms with van der Waals surface area (Å²) in [6.45, 7) is 1.97. The second-order valence-electron chi connectivity index (χ2n) is 6.20. The lowest BCUT2D eigenvalue weighted by molar-refractivity contribution is -0.132. The molecule has 7 heteroatoms. The highest BCUT2D eigenvalue weighted by molar-refractivity contribution is 5.83. The molecule has 1 atom stereocenters. The fourth-order valence-electron chi connectivity index (χ4n) is 3.17. The van der Waals surface area contributed by atoms with Gasteiger partial charge in [-0.2, -0.15) is 0 Å². The minimum Gasteiger partial charge on any atom is -0.490 e. The van der Waals surface area contributed by atoms with E-state index >= 15 is 0 Å². The summed E-state index contributed by atoms with van der Waals surface area (Å²) in [5, 5.41) is 0. The van der Waals surface area contributed by atoms with Crippen LogP contribution in [0.2, 0.25) is 0 Å². The van der Waals surface area contributed by atoms with Gasteiger partial charge in [0.1, 0.15) is 6.54 Å². The van der Waals surface area contributed by atoms with E-state index in [1.54, 1.807) is 0 Å². The molecule has 0 spiro atoms. The summed E-state index contributed by atoms with van der Waals surface area (Å²) in [7, 11) is 1.53. The van der Waals surface area contributed by atoms with Crippen LogP contribution in [0.3, 0.4) is 0 Å². The van der Waals surface area contributed by atoms with Gasteiger partial charge in [0, 0.05) is 20.0 Å². The van der Waals surface area contributed by atoms with Crippen molar-refractivity contribution in [1.29, 1.82) is 0 Å². The van der Waals surface area contributed by atoms with Crippen LogP contribution in [-0.4, -0.2) is 55.1 Å². The summed E-state index contributed by atoms with van der Waals surface area (Å²) in [5.41, 5.74) is 6.24. The minimum atomic E-state index is -0.602. The van der Waals surface area contributed by atoms with E-state index in [2.05, 4.69) is 0 Å². The number of hydrogen-bond acceptors (Lipinski definition) is 4. The van der Waals surface area contributed by atoms with Gasteiger partial charge in [0.15, 0.2) is 11.5 Å². The quantitative estimate of drug-likeness (QED) is 0.909. The van der Waals surface area contributed by atoms with Crippen molar-refractivity contribution in [3.8, 4) is 11.5 Å². The maximum Gasteiger partial charge on any atom is 0.314 e. The number of fused-ring (bicyclic) bond motifs is 1. The average Bonchev–Trinajstić information content (AvgIpc) is 2.93. The van der Waals surface area contributed by atoms with Crippen molar-refractivity contribution in [1.82, 2.24) is 9.80 Å². The molecule has 0 aliphatic carbocycles. The monoisotopic (exact) mass is 333 g/mol. The van der Waals surface area contributed by atoms with Crippen LogP contribution in [0.25, 0.3) is 0 Å². The molecule has 2 N–H and O–H groups in total. The van der Waals surface area contributed by atoms with E-state index in [0.717, 1.165) is 36.3 Å². The molecule has 3 amide bonds. The Morgan fingerprint density at radius 1 is 1.25 bits per heavy atom. The standard InChI is InChI=1S/C17H23N3O4/c1-19(17(18)22)11-16(21)20-7-2-4-13(20)12-5-6-14-15(10-12)24-9-3-8-23-14/h5-6,10,13H,2-4,7-9,11H2,1H3,(H2,18,22)/t13-/m0/s1. The number of hydrogen-bond donors (Lipinski definition) is 1. The number of primary amides is 1. The summed E-state index contributed by atoms with van der Waals surface area (Å²) >= 11 is 0. The molecule has 0 aromatic heterocycles. The van der Waals surface area contributed by atoms with Gasteiger partial charge in [-0.05, 0) is 30.5 Å². The van der Waals surface area contributed by atoms with Crippen molar-refractivity contribution in [3.63, 3.8) is 0 Å². The highest BCUT2D eigenvalue weighted by Crippen LogP contribution is 2.37.